The fourth-order valence-electron chi connectivity index (χ4n) is 3.41. The minimum absolute atomic E-state index is 0.00513. The first kappa shape index (κ1) is 26.9. The highest BCUT2D eigenvalue weighted by molar-refractivity contribution is 6.36. The van der Waals surface area contributed by atoms with Crippen LogP contribution in [-0.2, 0) is 4.79 Å². The molecule has 0 bridgehead atoms. The number of rotatable bonds is 8. The van der Waals surface area contributed by atoms with Crippen LogP contribution in [0.3, 0.4) is 0 Å². The number of halogens is 2. The molecule has 1 aromatic heterocycles. The Morgan fingerprint density at radius 2 is 1.83 bits per heavy atom. The molecule has 9 nitrogen and oxygen atoms in total. The van der Waals surface area contributed by atoms with Gasteiger partial charge in [-0.25, -0.2) is 5.43 Å². The minimum Gasteiger partial charge on any atom is -0.455 e. The monoisotopic (exact) mass is 530 g/mol. The first-order valence-corrected chi connectivity index (χ1v) is 11.7. The van der Waals surface area contributed by atoms with E-state index in [-0.39, 0.29) is 22.2 Å². The maximum Gasteiger partial charge on any atom is 0.273 e. The number of aryl methyl sites for hydroxylation is 1. The van der Waals surface area contributed by atoms with E-state index in [1.807, 2.05) is 0 Å². The maximum atomic E-state index is 12.7. The van der Waals surface area contributed by atoms with Gasteiger partial charge in [0, 0.05) is 22.2 Å². The number of carbonyl (C=O) groups excluding carboxylic acids is 2. The van der Waals surface area contributed by atoms with Crippen molar-refractivity contribution >= 4 is 46.9 Å². The zero-order valence-corrected chi connectivity index (χ0v) is 21.5. The fraction of sp³-hybridized carbons (Fsp3) is 0.240. The summed E-state index contributed by atoms with van der Waals surface area (Å²) in [6.07, 6.45) is 1.30. The van der Waals surface area contributed by atoms with E-state index < -0.39 is 22.8 Å². The summed E-state index contributed by atoms with van der Waals surface area (Å²) in [5.74, 6) is -0.555. The molecule has 0 aliphatic carbocycles. The molecule has 0 fully saturated rings. The number of nitrogens with zero attached hydrogens (tertiary/aromatic N) is 2. The fourth-order valence-corrected chi connectivity index (χ4v) is 3.90. The molecule has 0 aliphatic rings. The van der Waals surface area contributed by atoms with E-state index in [2.05, 4.69) is 15.8 Å². The molecule has 0 radical (unpaired) electrons. The van der Waals surface area contributed by atoms with Crippen LogP contribution in [-0.4, -0.2) is 29.0 Å². The Morgan fingerprint density at radius 3 is 2.47 bits per heavy atom. The van der Waals surface area contributed by atoms with Gasteiger partial charge in [0.15, 0.2) is 0 Å². The number of hydrogen-bond acceptors (Lipinski definition) is 6. The zero-order chi connectivity index (χ0) is 26.6. The molecule has 0 aliphatic heterocycles. The Bertz CT molecular complexity index is 1350. The van der Waals surface area contributed by atoms with Crippen molar-refractivity contribution in [2.24, 2.45) is 11.0 Å². The number of hydrogen-bond donors (Lipinski definition) is 2. The molecule has 2 N–H and O–H groups in total. The molecule has 2 aromatic carbocycles. The standard InChI is InChI=1S/C25H24Cl2N4O5/c1-13(2)23(29-24(32)19-7-5-17(26)11-20(19)27)25(33)30-28-12-18-6-8-22(36-18)16-9-14(3)15(4)21(10-16)31(34)35/h5-13,23H,1-4H3,(H,29,32)(H,30,33). The van der Waals surface area contributed by atoms with Gasteiger partial charge in [-0.2, -0.15) is 5.10 Å². The SMILES string of the molecule is Cc1cc(-c2ccc(C=NNC(=O)C(NC(=O)c3ccc(Cl)cc3Cl)C(C)C)o2)cc([N+](=O)[O-])c1C. The summed E-state index contributed by atoms with van der Waals surface area (Å²) < 4.78 is 5.72. The van der Waals surface area contributed by atoms with Crippen molar-refractivity contribution in [1.29, 1.82) is 0 Å². The minimum atomic E-state index is -0.885. The smallest absolute Gasteiger partial charge is 0.273 e. The summed E-state index contributed by atoms with van der Waals surface area (Å²) in [6.45, 7) is 7.03. The molecular formula is C25H24Cl2N4O5. The molecular weight excluding hydrogens is 507 g/mol. The second-order valence-electron chi connectivity index (χ2n) is 8.45. The van der Waals surface area contributed by atoms with Crippen molar-refractivity contribution in [3.63, 3.8) is 0 Å². The molecule has 0 saturated carbocycles. The number of nitro groups is 1. The van der Waals surface area contributed by atoms with Gasteiger partial charge in [-0.05, 0) is 61.7 Å². The first-order chi connectivity index (χ1) is 17.0. The van der Waals surface area contributed by atoms with Crippen LogP contribution in [0.15, 0.2) is 52.0 Å². The number of hydrazone groups is 1. The third-order valence-electron chi connectivity index (χ3n) is 5.53. The van der Waals surface area contributed by atoms with Gasteiger partial charge in [0.25, 0.3) is 17.5 Å². The van der Waals surface area contributed by atoms with Crippen molar-refractivity contribution in [2.75, 3.05) is 0 Å². The lowest BCUT2D eigenvalue weighted by atomic mass is 10.0. The van der Waals surface area contributed by atoms with Gasteiger partial charge in [0.2, 0.25) is 0 Å². The van der Waals surface area contributed by atoms with Crippen LogP contribution >= 0.6 is 23.2 Å². The van der Waals surface area contributed by atoms with Crippen LogP contribution in [0, 0.1) is 29.9 Å². The van der Waals surface area contributed by atoms with Crippen LogP contribution in [0.25, 0.3) is 11.3 Å². The summed E-state index contributed by atoms with van der Waals surface area (Å²) in [4.78, 5) is 36.2. The normalized spacial score (nSPS) is 12.1. The highest BCUT2D eigenvalue weighted by Gasteiger charge is 2.25. The van der Waals surface area contributed by atoms with E-state index >= 15 is 0 Å². The predicted octanol–water partition coefficient (Wildman–Crippen LogP) is 5.68. The molecule has 0 saturated heterocycles. The van der Waals surface area contributed by atoms with Crippen LogP contribution in [0.5, 0.6) is 0 Å². The number of nitrogens with one attached hydrogen (secondary N) is 2. The van der Waals surface area contributed by atoms with Crippen LogP contribution in [0.2, 0.25) is 10.0 Å². The molecule has 188 valence electrons. The number of nitro benzene ring substituents is 1. The van der Waals surface area contributed by atoms with Gasteiger partial charge in [0.05, 0.1) is 21.7 Å². The Balaban J connectivity index is 1.69. The second kappa shape index (κ2) is 11.4. The Hall–Kier alpha value is -3.69. The molecule has 3 aromatic rings. The average Bonchev–Trinajstić information content (AvgIpc) is 3.27. The molecule has 1 heterocycles. The average molecular weight is 531 g/mol. The van der Waals surface area contributed by atoms with Crippen molar-refractivity contribution in [1.82, 2.24) is 10.7 Å². The van der Waals surface area contributed by atoms with E-state index in [9.17, 15) is 19.7 Å². The van der Waals surface area contributed by atoms with Crippen LogP contribution in [0.1, 0.15) is 41.1 Å². The Kier molecular flexibility index (Phi) is 8.49. The van der Waals surface area contributed by atoms with E-state index in [0.717, 1.165) is 5.56 Å². The Labute approximate surface area is 217 Å². The molecule has 1 atom stereocenters. The highest BCUT2D eigenvalue weighted by atomic mass is 35.5. The van der Waals surface area contributed by atoms with Crippen molar-refractivity contribution in [3.8, 4) is 11.3 Å². The van der Waals surface area contributed by atoms with Crippen LogP contribution in [0.4, 0.5) is 5.69 Å². The summed E-state index contributed by atoms with van der Waals surface area (Å²) >= 11 is 12.0. The number of carbonyl (C=O) groups is 2. The summed E-state index contributed by atoms with van der Waals surface area (Å²) in [5.41, 5.74) is 4.50. The molecule has 11 heteroatoms. The molecule has 1 unspecified atom stereocenters. The topological polar surface area (TPSA) is 127 Å². The van der Waals surface area contributed by atoms with Gasteiger partial charge in [-0.3, -0.25) is 19.7 Å². The van der Waals surface area contributed by atoms with Gasteiger partial charge in [-0.1, -0.05) is 37.0 Å². The number of benzene rings is 2. The van der Waals surface area contributed by atoms with Gasteiger partial charge >= 0.3 is 0 Å². The summed E-state index contributed by atoms with van der Waals surface area (Å²) in [7, 11) is 0. The number of furan rings is 1. The van der Waals surface area contributed by atoms with Gasteiger partial charge in [0.1, 0.15) is 17.6 Å². The maximum absolute atomic E-state index is 12.7. The quantitative estimate of drug-likeness (QED) is 0.220. The molecule has 3 rings (SSSR count). The van der Waals surface area contributed by atoms with Crippen LogP contribution < -0.4 is 10.7 Å². The van der Waals surface area contributed by atoms with Crippen molar-refractivity contribution in [3.05, 3.63) is 85.1 Å². The third kappa shape index (κ3) is 6.30. The lowest BCUT2D eigenvalue weighted by molar-refractivity contribution is -0.385. The van der Waals surface area contributed by atoms with E-state index in [0.29, 0.717) is 27.7 Å². The summed E-state index contributed by atoms with van der Waals surface area (Å²) in [6, 6.07) is 10.1. The van der Waals surface area contributed by atoms with Gasteiger partial charge < -0.3 is 9.73 Å². The van der Waals surface area contributed by atoms with Crippen molar-refractivity contribution in [2.45, 2.75) is 33.7 Å². The van der Waals surface area contributed by atoms with Crippen molar-refractivity contribution < 1.29 is 18.9 Å². The molecule has 36 heavy (non-hydrogen) atoms. The van der Waals surface area contributed by atoms with Gasteiger partial charge in [-0.15, -0.1) is 0 Å². The molecule has 0 spiro atoms. The largest absolute Gasteiger partial charge is 0.455 e. The Morgan fingerprint density at radius 1 is 1.11 bits per heavy atom. The molecule has 2 amide bonds. The van der Waals surface area contributed by atoms with E-state index in [1.54, 1.807) is 45.9 Å². The zero-order valence-electron chi connectivity index (χ0n) is 20.0. The lowest BCUT2D eigenvalue weighted by Crippen LogP contribution is -2.48. The van der Waals surface area contributed by atoms with E-state index in [1.165, 1.54) is 30.5 Å². The highest BCUT2D eigenvalue weighted by Crippen LogP contribution is 2.30. The predicted molar refractivity (Wildman–Crippen MR) is 139 cm³/mol. The second-order valence-corrected chi connectivity index (χ2v) is 9.29. The third-order valence-corrected chi connectivity index (χ3v) is 6.07. The van der Waals surface area contributed by atoms with E-state index in [4.69, 9.17) is 27.6 Å². The summed E-state index contributed by atoms with van der Waals surface area (Å²) in [5, 5.41) is 18.5. The lowest BCUT2D eigenvalue weighted by Gasteiger charge is -2.20. The number of amides is 2. The first-order valence-electron chi connectivity index (χ1n) is 10.9.